The molecule has 3 nitrogen and oxygen atoms in total. The van der Waals surface area contributed by atoms with E-state index in [0.29, 0.717) is 5.92 Å². The molecule has 1 unspecified atom stereocenters. The summed E-state index contributed by atoms with van der Waals surface area (Å²) in [5.41, 5.74) is -0.236. The van der Waals surface area contributed by atoms with Crippen molar-refractivity contribution in [1.82, 2.24) is 0 Å². The van der Waals surface area contributed by atoms with E-state index in [1.54, 1.807) is 0 Å². The molecule has 3 heteroatoms. The lowest BCUT2D eigenvalue weighted by atomic mass is 9.86. The molecule has 0 aromatic carbocycles. The molecule has 1 aliphatic heterocycles. The van der Waals surface area contributed by atoms with Gasteiger partial charge in [0.15, 0.2) is 0 Å². The van der Waals surface area contributed by atoms with Crippen LogP contribution in [-0.2, 0) is 9.57 Å². The second-order valence-electron chi connectivity index (χ2n) is 3.64. The van der Waals surface area contributed by atoms with Crippen molar-refractivity contribution in [2.45, 2.75) is 32.3 Å². The monoisotopic (exact) mass is 159 g/mol. The minimum atomic E-state index is -0.236. The normalized spacial score (nSPS) is 27.0. The van der Waals surface area contributed by atoms with Crippen molar-refractivity contribution in [2.24, 2.45) is 11.8 Å². The summed E-state index contributed by atoms with van der Waals surface area (Å²) >= 11 is 0. The zero-order valence-corrected chi connectivity index (χ0v) is 7.30. The molecular formula is C8H17NO2. The van der Waals surface area contributed by atoms with E-state index in [1.165, 1.54) is 0 Å². The SMILES string of the molecule is CC(C)(ON)C1CCCOC1. The molecule has 1 heterocycles. The minimum absolute atomic E-state index is 0.236. The van der Waals surface area contributed by atoms with Crippen LogP contribution in [0.4, 0.5) is 0 Å². The molecule has 1 rings (SSSR count). The third-order valence-corrected chi connectivity index (χ3v) is 2.45. The van der Waals surface area contributed by atoms with Crippen LogP contribution >= 0.6 is 0 Å². The van der Waals surface area contributed by atoms with Gasteiger partial charge >= 0.3 is 0 Å². The van der Waals surface area contributed by atoms with Crippen LogP contribution in [0.3, 0.4) is 0 Å². The van der Waals surface area contributed by atoms with Gasteiger partial charge in [0.1, 0.15) is 0 Å². The fourth-order valence-electron chi connectivity index (χ4n) is 1.39. The summed E-state index contributed by atoms with van der Waals surface area (Å²) in [5.74, 6) is 5.63. The molecular weight excluding hydrogens is 142 g/mol. The lowest BCUT2D eigenvalue weighted by molar-refractivity contribution is -0.103. The van der Waals surface area contributed by atoms with Gasteiger partial charge in [-0.2, -0.15) is 0 Å². The van der Waals surface area contributed by atoms with Gasteiger partial charge in [-0.15, -0.1) is 0 Å². The number of nitrogens with two attached hydrogens (primary N) is 1. The Balaban J connectivity index is 2.43. The average Bonchev–Trinajstić information content (AvgIpc) is 2.06. The van der Waals surface area contributed by atoms with E-state index in [0.717, 1.165) is 26.1 Å². The lowest BCUT2D eigenvalue weighted by Crippen LogP contribution is -2.41. The van der Waals surface area contributed by atoms with Gasteiger partial charge in [0.25, 0.3) is 0 Å². The Labute approximate surface area is 67.8 Å². The molecule has 0 aromatic rings. The fraction of sp³-hybridized carbons (Fsp3) is 1.00. The molecule has 2 N–H and O–H groups in total. The van der Waals surface area contributed by atoms with E-state index < -0.39 is 0 Å². The fourth-order valence-corrected chi connectivity index (χ4v) is 1.39. The van der Waals surface area contributed by atoms with Crippen molar-refractivity contribution in [3.8, 4) is 0 Å². The number of hydrogen-bond donors (Lipinski definition) is 1. The van der Waals surface area contributed by atoms with E-state index in [4.69, 9.17) is 15.5 Å². The maximum Gasteiger partial charge on any atom is 0.0887 e. The van der Waals surface area contributed by atoms with Crippen LogP contribution in [-0.4, -0.2) is 18.8 Å². The third kappa shape index (κ3) is 2.15. The second-order valence-corrected chi connectivity index (χ2v) is 3.64. The van der Waals surface area contributed by atoms with E-state index in [9.17, 15) is 0 Å². The highest BCUT2D eigenvalue weighted by molar-refractivity contribution is 4.80. The Kier molecular flexibility index (Phi) is 2.87. The van der Waals surface area contributed by atoms with Crippen molar-refractivity contribution < 1.29 is 9.57 Å². The number of hydrogen-bond acceptors (Lipinski definition) is 3. The van der Waals surface area contributed by atoms with Crippen molar-refractivity contribution in [3.05, 3.63) is 0 Å². The van der Waals surface area contributed by atoms with Gasteiger partial charge in [0, 0.05) is 12.5 Å². The molecule has 1 aliphatic rings. The van der Waals surface area contributed by atoms with Gasteiger partial charge in [0.2, 0.25) is 0 Å². The highest BCUT2D eigenvalue weighted by Gasteiger charge is 2.31. The van der Waals surface area contributed by atoms with Crippen LogP contribution in [0.1, 0.15) is 26.7 Å². The molecule has 0 spiro atoms. The molecule has 0 radical (unpaired) electrons. The van der Waals surface area contributed by atoms with Crippen LogP contribution < -0.4 is 5.90 Å². The first kappa shape index (κ1) is 8.97. The van der Waals surface area contributed by atoms with Crippen LogP contribution in [0, 0.1) is 5.92 Å². The largest absolute Gasteiger partial charge is 0.381 e. The van der Waals surface area contributed by atoms with Crippen LogP contribution in [0.5, 0.6) is 0 Å². The molecule has 0 amide bonds. The molecule has 0 aromatic heterocycles. The molecule has 1 atom stereocenters. The van der Waals surface area contributed by atoms with E-state index in [1.807, 2.05) is 13.8 Å². The first-order valence-corrected chi connectivity index (χ1v) is 4.12. The van der Waals surface area contributed by atoms with Gasteiger partial charge in [0.05, 0.1) is 12.2 Å². The Morgan fingerprint density at radius 3 is 2.73 bits per heavy atom. The van der Waals surface area contributed by atoms with E-state index in [2.05, 4.69) is 0 Å². The van der Waals surface area contributed by atoms with Gasteiger partial charge in [-0.25, -0.2) is 5.90 Å². The predicted octanol–water partition coefficient (Wildman–Crippen LogP) is 1.08. The molecule has 66 valence electrons. The minimum Gasteiger partial charge on any atom is -0.381 e. The van der Waals surface area contributed by atoms with Crippen molar-refractivity contribution in [2.75, 3.05) is 13.2 Å². The summed E-state index contributed by atoms with van der Waals surface area (Å²) in [5, 5.41) is 0. The molecule has 11 heavy (non-hydrogen) atoms. The Bertz CT molecular complexity index is 119. The summed E-state index contributed by atoms with van der Waals surface area (Å²) < 4.78 is 5.33. The van der Waals surface area contributed by atoms with Crippen molar-refractivity contribution in [1.29, 1.82) is 0 Å². The topological polar surface area (TPSA) is 44.5 Å². The quantitative estimate of drug-likeness (QED) is 0.613. The standard InChI is InChI=1S/C8H17NO2/c1-8(2,11-9)7-4-3-5-10-6-7/h7H,3-6,9H2,1-2H3. The van der Waals surface area contributed by atoms with E-state index >= 15 is 0 Å². The van der Waals surface area contributed by atoms with E-state index in [-0.39, 0.29) is 5.60 Å². The molecule has 0 aliphatic carbocycles. The highest BCUT2D eigenvalue weighted by Crippen LogP contribution is 2.27. The summed E-state index contributed by atoms with van der Waals surface area (Å²) in [6, 6.07) is 0. The maximum absolute atomic E-state index is 5.33. The highest BCUT2D eigenvalue weighted by atomic mass is 16.6. The van der Waals surface area contributed by atoms with Gasteiger partial charge in [-0.05, 0) is 26.7 Å². The van der Waals surface area contributed by atoms with Gasteiger partial charge in [-0.3, -0.25) is 4.84 Å². The van der Waals surface area contributed by atoms with Crippen LogP contribution in [0.25, 0.3) is 0 Å². The van der Waals surface area contributed by atoms with Crippen LogP contribution in [0.15, 0.2) is 0 Å². The first-order valence-electron chi connectivity index (χ1n) is 4.12. The molecule has 1 fully saturated rings. The summed E-state index contributed by atoms with van der Waals surface area (Å²) in [7, 11) is 0. The Hall–Kier alpha value is -0.120. The average molecular weight is 159 g/mol. The number of rotatable bonds is 2. The molecule has 0 bridgehead atoms. The third-order valence-electron chi connectivity index (χ3n) is 2.45. The lowest BCUT2D eigenvalue weighted by Gasteiger charge is -2.34. The number of ether oxygens (including phenoxy) is 1. The summed E-state index contributed by atoms with van der Waals surface area (Å²) in [6.45, 7) is 5.68. The first-order chi connectivity index (χ1) is 5.17. The maximum atomic E-state index is 5.33. The summed E-state index contributed by atoms with van der Waals surface area (Å²) in [4.78, 5) is 4.90. The van der Waals surface area contributed by atoms with Gasteiger partial charge in [-0.1, -0.05) is 0 Å². The zero-order valence-electron chi connectivity index (χ0n) is 7.30. The smallest absolute Gasteiger partial charge is 0.0887 e. The molecule has 1 saturated heterocycles. The molecule has 0 saturated carbocycles. The van der Waals surface area contributed by atoms with Crippen LogP contribution in [0.2, 0.25) is 0 Å². The Morgan fingerprint density at radius 2 is 2.27 bits per heavy atom. The van der Waals surface area contributed by atoms with Crippen molar-refractivity contribution >= 4 is 0 Å². The zero-order chi connectivity index (χ0) is 8.32. The Morgan fingerprint density at radius 1 is 1.55 bits per heavy atom. The van der Waals surface area contributed by atoms with Crippen molar-refractivity contribution in [3.63, 3.8) is 0 Å². The summed E-state index contributed by atoms with van der Waals surface area (Å²) in [6.07, 6.45) is 2.28. The van der Waals surface area contributed by atoms with Gasteiger partial charge < -0.3 is 4.74 Å². The second kappa shape index (κ2) is 3.52. The predicted molar refractivity (Wildman–Crippen MR) is 42.9 cm³/mol.